The summed E-state index contributed by atoms with van der Waals surface area (Å²) in [5, 5.41) is 0.685. The van der Waals surface area contributed by atoms with Crippen LogP contribution in [-0.2, 0) is 9.53 Å². The Labute approximate surface area is 158 Å². The molecule has 2 aliphatic rings. The minimum Gasteiger partial charge on any atom is -0.405 e. The number of halogens is 1. The van der Waals surface area contributed by atoms with Crippen LogP contribution < -0.4 is 0 Å². The molecular formula is C22H20ClNO2. The van der Waals surface area contributed by atoms with Crippen molar-refractivity contribution in [1.82, 2.24) is 0 Å². The molecule has 3 nitrogen and oxygen atoms in total. The third-order valence-electron chi connectivity index (χ3n) is 5.49. The second kappa shape index (κ2) is 6.40. The molecule has 2 aromatic rings. The first-order chi connectivity index (χ1) is 12.5. The lowest BCUT2D eigenvalue weighted by Crippen LogP contribution is -2.43. The van der Waals surface area contributed by atoms with E-state index in [1.165, 1.54) is 11.1 Å². The Bertz CT molecular complexity index is 915. The maximum Gasteiger partial charge on any atom is 0.341 e. The Balaban J connectivity index is 1.83. The quantitative estimate of drug-likeness (QED) is 0.535. The molecular weight excluding hydrogens is 346 g/mol. The van der Waals surface area contributed by atoms with Crippen LogP contribution in [-0.4, -0.2) is 17.4 Å². The fourth-order valence-corrected chi connectivity index (χ4v) is 4.00. The van der Waals surface area contributed by atoms with Gasteiger partial charge in [-0.05, 0) is 50.1 Å². The molecule has 0 saturated heterocycles. The average Bonchev–Trinajstić information content (AvgIpc) is 2.97. The highest BCUT2D eigenvalue weighted by molar-refractivity contribution is 6.30. The lowest BCUT2D eigenvalue weighted by molar-refractivity contribution is -0.140. The highest BCUT2D eigenvalue weighted by Gasteiger charge is 2.54. The maximum atomic E-state index is 13.1. The molecule has 4 heteroatoms. The van der Waals surface area contributed by atoms with E-state index in [-0.39, 0.29) is 11.9 Å². The zero-order chi connectivity index (χ0) is 18.3. The summed E-state index contributed by atoms with van der Waals surface area (Å²) in [6.45, 7) is 4.21. The Morgan fingerprint density at radius 2 is 1.73 bits per heavy atom. The van der Waals surface area contributed by atoms with Crippen molar-refractivity contribution in [2.24, 2.45) is 4.99 Å². The van der Waals surface area contributed by atoms with E-state index in [4.69, 9.17) is 21.3 Å². The average molecular weight is 366 g/mol. The summed E-state index contributed by atoms with van der Waals surface area (Å²) in [7, 11) is 0. The van der Waals surface area contributed by atoms with Crippen LogP contribution in [0.25, 0.3) is 0 Å². The highest BCUT2D eigenvalue weighted by Crippen LogP contribution is 2.49. The summed E-state index contributed by atoms with van der Waals surface area (Å²) in [5.74, 6) is 0.0993. The molecule has 0 aromatic heterocycles. The lowest BCUT2D eigenvalue weighted by Gasteiger charge is -2.37. The monoisotopic (exact) mass is 365 g/mol. The van der Waals surface area contributed by atoms with Gasteiger partial charge in [0.05, 0.1) is 0 Å². The van der Waals surface area contributed by atoms with Crippen LogP contribution in [0.1, 0.15) is 43.7 Å². The number of hydrogen-bond acceptors (Lipinski definition) is 3. The van der Waals surface area contributed by atoms with Gasteiger partial charge in [-0.15, -0.1) is 0 Å². The number of benzene rings is 2. The molecule has 1 aliphatic carbocycles. The van der Waals surface area contributed by atoms with Crippen molar-refractivity contribution in [2.75, 3.05) is 0 Å². The van der Waals surface area contributed by atoms with E-state index >= 15 is 0 Å². The third kappa shape index (κ3) is 2.77. The SMILES string of the molecule is CC1=C(C)C[C@@]2(N=C(c3ccccc3)OC2=O)[C@@H](c2ccc(Cl)cc2)C1. The number of allylic oxidation sites excluding steroid dienone is 1. The molecule has 2 aromatic carbocycles. The minimum absolute atomic E-state index is 0.0582. The first kappa shape index (κ1) is 17.0. The van der Waals surface area contributed by atoms with E-state index in [0.29, 0.717) is 17.3 Å². The summed E-state index contributed by atoms with van der Waals surface area (Å²) < 4.78 is 5.66. The molecule has 26 heavy (non-hydrogen) atoms. The van der Waals surface area contributed by atoms with Crippen LogP contribution in [0.2, 0.25) is 5.02 Å². The number of carbonyl (C=O) groups excluding carboxylic acids is 1. The van der Waals surface area contributed by atoms with Gasteiger partial charge in [-0.3, -0.25) is 0 Å². The zero-order valence-corrected chi connectivity index (χ0v) is 15.6. The van der Waals surface area contributed by atoms with Gasteiger partial charge in [0.25, 0.3) is 0 Å². The predicted octanol–water partition coefficient (Wildman–Crippen LogP) is 5.30. The molecule has 0 amide bonds. The molecule has 1 heterocycles. The van der Waals surface area contributed by atoms with Crippen molar-refractivity contribution < 1.29 is 9.53 Å². The number of rotatable bonds is 2. The second-order valence-electron chi connectivity index (χ2n) is 7.14. The number of nitrogens with zero attached hydrogens (tertiary/aromatic N) is 1. The van der Waals surface area contributed by atoms with Gasteiger partial charge >= 0.3 is 5.97 Å². The number of carbonyl (C=O) groups is 1. The zero-order valence-electron chi connectivity index (χ0n) is 14.8. The smallest absolute Gasteiger partial charge is 0.341 e. The maximum absolute atomic E-state index is 13.1. The standard InChI is InChI=1S/C22H20ClNO2/c1-14-12-19(16-8-10-18(23)11-9-16)22(13-15(14)2)21(25)26-20(24-22)17-6-4-3-5-7-17/h3-11,19H,12-13H2,1-2H3/t19-,22-/m1/s1. The van der Waals surface area contributed by atoms with Crippen LogP contribution in [0.5, 0.6) is 0 Å². The summed E-state index contributed by atoms with van der Waals surface area (Å²) in [6.07, 6.45) is 1.37. The van der Waals surface area contributed by atoms with Gasteiger partial charge in [-0.2, -0.15) is 0 Å². The lowest BCUT2D eigenvalue weighted by atomic mass is 9.68. The molecule has 0 saturated carbocycles. The number of ether oxygens (including phenoxy) is 1. The van der Waals surface area contributed by atoms with Crippen molar-refractivity contribution in [3.8, 4) is 0 Å². The van der Waals surface area contributed by atoms with E-state index in [9.17, 15) is 4.79 Å². The first-order valence-electron chi connectivity index (χ1n) is 8.78. The molecule has 0 N–H and O–H groups in total. The van der Waals surface area contributed by atoms with Gasteiger partial charge in [0, 0.05) is 22.9 Å². The third-order valence-corrected chi connectivity index (χ3v) is 5.74. The van der Waals surface area contributed by atoms with Crippen LogP contribution in [0.4, 0.5) is 0 Å². The number of cyclic esters (lactones) is 1. The van der Waals surface area contributed by atoms with Crippen molar-refractivity contribution in [2.45, 2.75) is 38.1 Å². The Kier molecular flexibility index (Phi) is 4.20. The molecule has 0 unspecified atom stereocenters. The summed E-state index contributed by atoms with van der Waals surface area (Å²) in [6, 6.07) is 17.3. The summed E-state index contributed by atoms with van der Waals surface area (Å²) >= 11 is 6.06. The van der Waals surface area contributed by atoms with Crippen molar-refractivity contribution in [1.29, 1.82) is 0 Å². The van der Waals surface area contributed by atoms with Crippen LogP contribution in [0.3, 0.4) is 0 Å². The molecule has 1 aliphatic heterocycles. The van der Waals surface area contributed by atoms with Gasteiger partial charge < -0.3 is 4.74 Å². The molecule has 1 spiro atoms. The van der Waals surface area contributed by atoms with Crippen LogP contribution in [0.15, 0.2) is 70.7 Å². The topological polar surface area (TPSA) is 38.7 Å². The predicted molar refractivity (Wildman–Crippen MR) is 104 cm³/mol. The van der Waals surface area contributed by atoms with Crippen LogP contribution >= 0.6 is 11.6 Å². The Morgan fingerprint density at radius 1 is 1.04 bits per heavy atom. The van der Waals surface area contributed by atoms with E-state index < -0.39 is 5.54 Å². The van der Waals surface area contributed by atoms with E-state index in [2.05, 4.69) is 13.8 Å². The minimum atomic E-state index is -0.900. The fourth-order valence-electron chi connectivity index (χ4n) is 3.88. The normalized spacial score (nSPS) is 25.4. The van der Waals surface area contributed by atoms with Gasteiger partial charge in [-0.25, -0.2) is 9.79 Å². The van der Waals surface area contributed by atoms with Crippen LogP contribution in [0, 0.1) is 0 Å². The Morgan fingerprint density at radius 3 is 2.42 bits per heavy atom. The fraction of sp³-hybridized carbons (Fsp3) is 0.273. The van der Waals surface area contributed by atoms with E-state index in [1.807, 2.05) is 54.6 Å². The summed E-state index contributed by atoms with van der Waals surface area (Å²) in [5.41, 5.74) is 3.52. The highest BCUT2D eigenvalue weighted by atomic mass is 35.5. The van der Waals surface area contributed by atoms with Gasteiger partial charge in [0.2, 0.25) is 5.90 Å². The summed E-state index contributed by atoms with van der Waals surface area (Å²) in [4.78, 5) is 17.9. The van der Waals surface area contributed by atoms with Crippen molar-refractivity contribution in [3.05, 3.63) is 81.9 Å². The molecule has 0 fully saturated rings. The van der Waals surface area contributed by atoms with Gasteiger partial charge in [0.15, 0.2) is 5.54 Å². The van der Waals surface area contributed by atoms with Gasteiger partial charge in [0.1, 0.15) is 0 Å². The van der Waals surface area contributed by atoms with Gasteiger partial charge in [-0.1, -0.05) is 53.1 Å². The number of hydrogen-bond donors (Lipinski definition) is 0. The van der Waals surface area contributed by atoms with Crippen molar-refractivity contribution in [3.63, 3.8) is 0 Å². The van der Waals surface area contributed by atoms with E-state index in [1.54, 1.807) is 0 Å². The number of esters is 1. The molecule has 4 rings (SSSR count). The second-order valence-corrected chi connectivity index (χ2v) is 7.58. The molecule has 0 radical (unpaired) electrons. The first-order valence-corrected chi connectivity index (χ1v) is 9.15. The molecule has 2 atom stereocenters. The number of aliphatic imine (C=N–C) groups is 1. The largest absolute Gasteiger partial charge is 0.405 e. The van der Waals surface area contributed by atoms with Crippen molar-refractivity contribution >= 4 is 23.5 Å². The molecule has 0 bridgehead atoms. The Hall–Kier alpha value is -2.39. The molecule has 132 valence electrons. The van der Waals surface area contributed by atoms with E-state index in [0.717, 1.165) is 17.5 Å².